The molecule has 0 aromatic heterocycles. The summed E-state index contributed by atoms with van der Waals surface area (Å²) in [4.78, 5) is 10.9. The van der Waals surface area contributed by atoms with Gasteiger partial charge in [0.1, 0.15) is 5.75 Å². The molecule has 5 nitrogen and oxygen atoms in total. The number of alkyl carbamates (subject to hydrolysis) is 1. The Labute approximate surface area is 127 Å². The van der Waals surface area contributed by atoms with Gasteiger partial charge < -0.3 is 19.5 Å². The van der Waals surface area contributed by atoms with E-state index in [1.165, 1.54) is 7.11 Å². The molecule has 0 atom stereocenters. The van der Waals surface area contributed by atoms with E-state index in [1.807, 2.05) is 32.0 Å². The van der Waals surface area contributed by atoms with Gasteiger partial charge in [-0.25, -0.2) is 4.79 Å². The topological polar surface area (TPSA) is 56.8 Å². The molecule has 0 heterocycles. The molecule has 0 aliphatic heterocycles. The fourth-order valence-corrected chi connectivity index (χ4v) is 2.11. The fraction of sp³-hybridized carbons (Fsp3) is 0.500. The molecular formula is C14H20BrNO4. The largest absolute Gasteiger partial charge is 0.496 e. The molecule has 0 saturated carbocycles. The Balaban J connectivity index is 2.66. The Kier molecular flexibility index (Phi) is 6.29. The van der Waals surface area contributed by atoms with Crippen molar-refractivity contribution in [2.45, 2.75) is 19.4 Å². The van der Waals surface area contributed by atoms with Crippen LogP contribution in [-0.2, 0) is 15.1 Å². The first kappa shape index (κ1) is 16.8. The number of nitrogens with one attached hydrogen (secondary N) is 1. The monoisotopic (exact) mass is 345 g/mol. The van der Waals surface area contributed by atoms with E-state index in [1.54, 1.807) is 7.11 Å². The van der Waals surface area contributed by atoms with Crippen molar-refractivity contribution in [1.82, 2.24) is 5.32 Å². The summed E-state index contributed by atoms with van der Waals surface area (Å²) >= 11 is 3.41. The van der Waals surface area contributed by atoms with Gasteiger partial charge in [-0.15, -0.1) is 0 Å². The molecule has 1 amide bonds. The van der Waals surface area contributed by atoms with E-state index in [4.69, 9.17) is 9.47 Å². The summed E-state index contributed by atoms with van der Waals surface area (Å²) in [6, 6.07) is 5.79. The van der Waals surface area contributed by atoms with Crippen LogP contribution in [0, 0.1) is 0 Å². The van der Waals surface area contributed by atoms with Crippen LogP contribution >= 0.6 is 15.9 Å². The third-order valence-electron chi connectivity index (χ3n) is 2.83. The maximum Gasteiger partial charge on any atom is 0.406 e. The lowest BCUT2D eigenvalue weighted by molar-refractivity contribution is -0.0209. The normalized spacial score (nSPS) is 11.1. The minimum Gasteiger partial charge on any atom is -0.496 e. The van der Waals surface area contributed by atoms with Gasteiger partial charge in [-0.3, -0.25) is 0 Å². The second-order valence-electron chi connectivity index (χ2n) is 4.62. The number of methoxy groups -OCH3 is 2. The zero-order valence-electron chi connectivity index (χ0n) is 12.2. The average molecular weight is 346 g/mol. The molecule has 1 rings (SSSR count). The van der Waals surface area contributed by atoms with Crippen molar-refractivity contribution in [2.24, 2.45) is 0 Å². The lowest BCUT2D eigenvalue weighted by atomic mass is 9.97. The highest BCUT2D eigenvalue weighted by molar-refractivity contribution is 9.10. The van der Waals surface area contributed by atoms with Crippen molar-refractivity contribution in [2.75, 3.05) is 27.4 Å². The number of amides is 1. The molecule has 0 aliphatic carbocycles. The third-order valence-corrected chi connectivity index (χ3v) is 3.33. The van der Waals surface area contributed by atoms with Crippen LogP contribution in [0.15, 0.2) is 22.7 Å². The number of rotatable bonds is 6. The molecule has 1 N–H and O–H groups in total. The maximum absolute atomic E-state index is 10.9. The molecule has 0 fully saturated rings. The van der Waals surface area contributed by atoms with Gasteiger partial charge in [0, 0.05) is 16.6 Å². The lowest BCUT2D eigenvalue weighted by Gasteiger charge is -2.27. The number of hydrogen-bond donors (Lipinski definition) is 1. The van der Waals surface area contributed by atoms with Crippen LogP contribution in [0.4, 0.5) is 4.79 Å². The standard InChI is InChI=1S/C14H20BrNO4/c1-14(2,20-8-7-16-13(17)19-4)11-6-5-10(15)9-12(11)18-3/h5-6,9H,7-8H2,1-4H3,(H,16,17). The zero-order valence-corrected chi connectivity index (χ0v) is 13.7. The van der Waals surface area contributed by atoms with Gasteiger partial charge in [-0.05, 0) is 26.0 Å². The number of carbonyl (C=O) groups excluding carboxylic acids is 1. The number of halogens is 1. The fourth-order valence-electron chi connectivity index (χ4n) is 1.77. The highest BCUT2D eigenvalue weighted by atomic mass is 79.9. The quantitative estimate of drug-likeness (QED) is 0.805. The minimum absolute atomic E-state index is 0.376. The van der Waals surface area contributed by atoms with Crippen LogP contribution in [-0.4, -0.2) is 33.5 Å². The Morgan fingerprint density at radius 2 is 2.05 bits per heavy atom. The Morgan fingerprint density at radius 1 is 1.35 bits per heavy atom. The molecule has 0 radical (unpaired) electrons. The Morgan fingerprint density at radius 3 is 2.65 bits per heavy atom. The molecule has 0 aliphatic rings. The van der Waals surface area contributed by atoms with Crippen LogP contribution < -0.4 is 10.1 Å². The molecule has 0 unspecified atom stereocenters. The zero-order chi connectivity index (χ0) is 15.2. The predicted octanol–water partition coefficient (Wildman–Crippen LogP) is 3.07. The molecule has 1 aromatic carbocycles. The van der Waals surface area contributed by atoms with Gasteiger partial charge in [0.15, 0.2) is 0 Å². The van der Waals surface area contributed by atoms with Gasteiger partial charge in [0.05, 0.1) is 26.4 Å². The van der Waals surface area contributed by atoms with Gasteiger partial charge >= 0.3 is 6.09 Å². The van der Waals surface area contributed by atoms with Crippen LogP contribution in [0.1, 0.15) is 19.4 Å². The average Bonchev–Trinajstić information content (AvgIpc) is 2.42. The summed E-state index contributed by atoms with van der Waals surface area (Å²) in [6.07, 6.45) is -0.465. The van der Waals surface area contributed by atoms with E-state index in [0.717, 1.165) is 15.8 Å². The molecular weight excluding hydrogens is 326 g/mol. The van der Waals surface area contributed by atoms with Gasteiger partial charge in [-0.1, -0.05) is 22.0 Å². The summed E-state index contributed by atoms with van der Waals surface area (Å²) < 4.78 is 16.6. The van der Waals surface area contributed by atoms with E-state index < -0.39 is 11.7 Å². The Bertz CT molecular complexity index is 462. The summed E-state index contributed by atoms with van der Waals surface area (Å²) in [5.41, 5.74) is 0.422. The minimum atomic E-state index is -0.524. The van der Waals surface area contributed by atoms with Gasteiger partial charge in [0.2, 0.25) is 0 Å². The second kappa shape index (κ2) is 7.50. The summed E-state index contributed by atoms with van der Waals surface area (Å²) in [5.74, 6) is 0.755. The third kappa shape index (κ3) is 4.68. The van der Waals surface area contributed by atoms with Crippen molar-refractivity contribution in [3.63, 3.8) is 0 Å². The molecule has 112 valence electrons. The molecule has 0 spiro atoms. The molecule has 1 aromatic rings. The highest BCUT2D eigenvalue weighted by Crippen LogP contribution is 2.34. The number of carbonyl (C=O) groups is 1. The smallest absolute Gasteiger partial charge is 0.406 e. The van der Waals surface area contributed by atoms with Crippen LogP contribution in [0.5, 0.6) is 5.75 Å². The van der Waals surface area contributed by atoms with Crippen molar-refractivity contribution < 1.29 is 19.0 Å². The summed E-state index contributed by atoms with van der Waals surface area (Å²) in [7, 11) is 2.95. The van der Waals surface area contributed by atoms with Crippen LogP contribution in [0.2, 0.25) is 0 Å². The number of ether oxygens (including phenoxy) is 3. The van der Waals surface area contributed by atoms with Crippen molar-refractivity contribution in [3.8, 4) is 5.75 Å². The number of hydrogen-bond acceptors (Lipinski definition) is 4. The van der Waals surface area contributed by atoms with Gasteiger partial charge in [0.25, 0.3) is 0 Å². The van der Waals surface area contributed by atoms with E-state index >= 15 is 0 Å². The maximum atomic E-state index is 10.9. The van der Waals surface area contributed by atoms with E-state index in [0.29, 0.717) is 13.2 Å². The van der Waals surface area contributed by atoms with Crippen molar-refractivity contribution in [3.05, 3.63) is 28.2 Å². The molecule has 0 bridgehead atoms. The first-order valence-corrected chi connectivity index (χ1v) is 7.00. The van der Waals surface area contributed by atoms with E-state index in [2.05, 4.69) is 26.0 Å². The SMILES string of the molecule is COC(=O)NCCOC(C)(C)c1ccc(Br)cc1OC. The van der Waals surface area contributed by atoms with Crippen molar-refractivity contribution >= 4 is 22.0 Å². The van der Waals surface area contributed by atoms with E-state index in [-0.39, 0.29) is 0 Å². The predicted molar refractivity (Wildman–Crippen MR) is 80.1 cm³/mol. The first-order valence-electron chi connectivity index (χ1n) is 6.20. The summed E-state index contributed by atoms with van der Waals surface area (Å²) in [5, 5.41) is 2.57. The molecule has 0 saturated heterocycles. The van der Waals surface area contributed by atoms with Crippen LogP contribution in [0.3, 0.4) is 0 Å². The van der Waals surface area contributed by atoms with Gasteiger partial charge in [-0.2, -0.15) is 0 Å². The van der Waals surface area contributed by atoms with Crippen molar-refractivity contribution in [1.29, 1.82) is 0 Å². The number of benzene rings is 1. The van der Waals surface area contributed by atoms with Crippen LogP contribution in [0.25, 0.3) is 0 Å². The second-order valence-corrected chi connectivity index (χ2v) is 5.54. The first-order chi connectivity index (χ1) is 9.40. The molecule has 6 heteroatoms. The van der Waals surface area contributed by atoms with E-state index in [9.17, 15) is 4.79 Å². The highest BCUT2D eigenvalue weighted by Gasteiger charge is 2.25. The summed E-state index contributed by atoms with van der Waals surface area (Å²) in [6.45, 7) is 4.67. The Hall–Kier alpha value is -1.27. The lowest BCUT2D eigenvalue weighted by Crippen LogP contribution is -2.31. The molecule has 20 heavy (non-hydrogen) atoms.